The molecule has 0 unspecified atom stereocenters. The Bertz CT molecular complexity index is 158. The van der Waals surface area contributed by atoms with Gasteiger partial charge in [0.15, 0.2) is 0 Å². The van der Waals surface area contributed by atoms with Gasteiger partial charge in [0, 0.05) is 5.41 Å². The molecule has 0 amide bonds. The normalized spacial score (nSPS) is 13.4. The molecule has 58 valence electrons. The maximum atomic E-state index is 7.40. The molecule has 0 bridgehead atoms. The quantitative estimate of drug-likeness (QED) is 0.388. The van der Waals surface area contributed by atoms with Crippen LogP contribution in [-0.4, -0.2) is 11.7 Å². The molecule has 0 aliphatic carbocycles. The number of rotatable bonds is 0. The Labute approximate surface area is 61.8 Å². The molecule has 0 aromatic heterocycles. The molecule has 3 nitrogen and oxygen atoms in total. The van der Waals surface area contributed by atoms with E-state index in [1.807, 2.05) is 20.8 Å². The first-order chi connectivity index (χ1) is 4.34. The molecule has 0 saturated heterocycles. The lowest BCUT2D eigenvalue weighted by molar-refractivity contribution is 0.581. The molecule has 3 N–H and O–H groups in total. The number of amidine groups is 2. The Kier molecular flexibility index (Phi) is 2.57. The summed E-state index contributed by atoms with van der Waals surface area (Å²) in [6, 6.07) is 0. The Morgan fingerprint density at radius 2 is 1.80 bits per heavy atom. The number of nitrogens with one attached hydrogen (secondary N) is 1. The first kappa shape index (κ1) is 9.14. The van der Waals surface area contributed by atoms with E-state index in [1.165, 1.54) is 0 Å². The van der Waals surface area contributed by atoms with E-state index in [0.29, 0.717) is 11.7 Å². The van der Waals surface area contributed by atoms with Crippen LogP contribution in [0.5, 0.6) is 0 Å². The van der Waals surface area contributed by atoms with E-state index in [4.69, 9.17) is 11.1 Å². The molecule has 0 spiro atoms. The van der Waals surface area contributed by atoms with Crippen LogP contribution in [0.3, 0.4) is 0 Å². The van der Waals surface area contributed by atoms with Crippen LogP contribution in [0.1, 0.15) is 27.7 Å². The van der Waals surface area contributed by atoms with E-state index in [0.717, 1.165) is 0 Å². The van der Waals surface area contributed by atoms with Crippen molar-refractivity contribution in [2.75, 3.05) is 0 Å². The van der Waals surface area contributed by atoms with E-state index in [9.17, 15) is 0 Å². The second kappa shape index (κ2) is 2.82. The lowest BCUT2D eigenvalue weighted by Crippen LogP contribution is -2.20. The van der Waals surface area contributed by atoms with Crippen molar-refractivity contribution < 1.29 is 0 Å². The largest absolute Gasteiger partial charge is 0.387 e. The molecule has 3 heteroatoms. The molecule has 0 saturated carbocycles. The second-order valence-corrected chi connectivity index (χ2v) is 3.35. The van der Waals surface area contributed by atoms with Crippen molar-refractivity contribution in [1.82, 2.24) is 0 Å². The minimum absolute atomic E-state index is 0.194. The molecule has 0 atom stereocenters. The highest BCUT2D eigenvalue weighted by atomic mass is 14.9. The molecular formula is C7H15N3. The molecule has 0 heterocycles. The lowest BCUT2D eigenvalue weighted by Gasteiger charge is -2.15. The molecule has 0 aromatic carbocycles. The number of nitrogens with two attached hydrogens (primary N) is 1. The van der Waals surface area contributed by atoms with Gasteiger partial charge in [-0.05, 0) is 6.92 Å². The van der Waals surface area contributed by atoms with Gasteiger partial charge in [-0.25, -0.2) is 4.99 Å². The minimum Gasteiger partial charge on any atom is -0.387 e. The number of hydrogen-bond acceptors (Lipinski definition) is 1. The molecule has 0 aliphatic heterocycles. The SMILES string of the molecule is C/C(N)=N/C(=N)C(C)(C)C. The summed E-state index contributed by atoms with van der Waals surface area (Å²) in [5.41, 5.74) is 5.11. The van der Waals surface area contributed by atoms with Crippen molar-refractivity contribution in [3.8, 4) is 0 Å². The third-order valence-electron chi connectivity index (χ3n) is 0.999. The summed E-state index contributed by atoms with van der Waals surface area (Å²) in [5, 5.41) is 7.40. The van der Waals surface area contributed by atoms with Gasteiger partial charge < -0.3 is 5.73 Å². The van der Waals surface area contributed by atoms with Crippen LogP contribution in [0, 0.1) is 10.8 Å². The van der Waals surface area contributed by atoms with Gasteiger partial charge in [0.2, 0.25) is 0 Å². The van der Waals surface area contributed by atoms with Crippen molar-refractivity contribution in [3.63, 3.8) is 0 Å². The van der Waals surface area contributed by atoms with Crippen LogP contribution in [0.4, 0.5) is 0 Å². The standard InChI is InChI=1S/C7H15N3/c1-5(8)10-6(9)7(2,3)4/h1-4H3,(H3,8,9,10). The number of hydrogen-bond donors (Lipinski definition) is 2. The molecule has 0 aromatic rings. The van der Waals surface area contributed by atoms with Gasteiger partial charge in [-0.3, -0.25) is 5.41 Å². The van der Waals surface area contributed by atoms with E-state index in [2.05, 4.69) is 4.99 Å². The van der Waals surface area contributed by atoms with Gasteiger partial charge in [-0.15, -0.1) is 0 Å². The maximum Gasteiger partial charge on any atom is 0.127 e. The van der Waals surface area contributed by atoms with Crippen LogP contribution in [0.15, 0.2) is 4.99 Å². The predicted molar refractivity (Wildman–Crippen MR) is 44.5 cm³/mol. The Morgan fingerprint density at radius 3 is 1.90 bits per heavy atom. The summed E-state index contributed by atoms with van der Waals surface area (Å²) in [6.07, 6.45) is 0. The Hall–Kier alpha value is -0.860. The van der Waals surface area contributed by atoms with E-state index in [-0.39, 0.29) is 5.41 Å². The smallest absolute Gasteiger partial charge is 0.127 e. The first-order valence-corrected chi connectivity index (χ1v) is 3.24. The van der Waals surface area contributed by atoms with Crippen molar-refractivity contribution in [1.29, 1.82) is 5.41 Å². The fourth-order valence-corrected chi connectivity index (χ4v) is 0.344. The van der Waals surface area contributed by atoms with Crippen molar-refractivity contribution >= 4 is 11.7 Å². The number of nitrogens with zero attached hydrogens (tertiary/aromatic N) is 1. The zero-order valence-electron chi connectivity index (χ0n) is 7.02. The highest BCUT2D eigenvalue weighted by Crippen LogP contribution is 2.14. The molecule has 10 heavy (non-hydrogen) atoms. The highest BCUT2D eigenvalue weighted by molar-refractivity contribution is 5.96. The molecular weight excluding hydrogens is 126 g/mol. The molecule has 0 fully saturated rings. The van der Waals surface area contributed by atoms with Crippen LogP contribution in [0.25, 0.3) is 0 Å². The average Bonchev–Trinajstić information content (AvgIpc) is 1.60. The van der Waals surface area contributed by atoms with Gasteiger partial charge >= 0.3 is 0 Å². The zero-order valence-corrected chi connectivity index (χ0v) is 7.02. The van der Waals surface area contributed by atoms with Gasteiger partial charge in [0.25, 0.3) is 0 Å². The van der Waals surface area contributed by atoms with Crippen molar-refractivity contribution in [2.45, 2.75) is 27.7 Å². The van der Waals surface area contributed by atoms with Crippen molar-refractivity contribution in [2.24, 2.45) is 16.1 Å². The van der Waals surface area contributed by atoms with Crippen molar-refractivity contribution in [3.05, 3.63) is 0 Å². The van der Waals surface area contributed by atoms with Crippen LogP contribution in [-0.2, 0) is 0 Å². The summed E-state index contributed by atoms with van der Waals surface area (Å²) < 4.78 is 0. The highest BCUT2D eigenvalue weighted by Gasteiger charge is 2.15. The summed E-state index contributed by atoms with van der Waals surface area (Å²) >= 11 is 0. The van der Waals surface area contributed by atoms with Crippen LogP contribution < -0.4 is 5.73 Å². The summed E-state index contributed by atoms with van der Waals surface area (Å²) in [5.74, 6) is 0.771. The van der Waals surface area contributed by atoms with E-state index < -0.39 is 0 Å². The lowest BCUT2D eigenvalue weighted by atomic mass is 9.95. The van der Waals surface area contributed by atoms with Gasteiger partial charge in [0.05, 0.1) is 5.84 Å². The molecule has 0 rings (SSSR count). The second-order valence-electron chi connectivity index (χ2n) is 3.35. The zero-order chi connectivity index (χ0) is 8.36. The van der Waals surface area contributed by atoms with Crippen LogP contribution in [0.2, 0.25) is 0 Å². The third-order valence-corrected chi connectivity index (χ3v) is 0.999. The Balaban J connectivity index is 4.27. The first-order valence-electron chi connectivity index (χ1n) is 3.24. The summed E-state index contributed by atoms with van der Waals surface area (Å²) in [7, 11) is 0. The van der Waals surface area contributed by atoms with Crippen LogP contribution >= 0.6 is 0 Å². The Morgan fingerprint density at radius 1 is 1.40 bits per heavy atom. The fraction of sp³-hybridized carbons (Fsp3) is 0.714. The van der Waals surface area contributed by atoms with Gasteiger partial charge in [-0.2, -0.15) is 0 Å². The average molecular weight is 141 g/mol. The van der Waals surface area contributed by atoms with E-state index >= 15 is 0 Å². The van der Waals surface area contributed by atoms with Gasteiger partial charge in [0.1, 0.15) is 5.84 Å². The molecule has 0 radical (unpaired) electrons. The maximum absolute atomic E-state index is 7.40. The summed E-state index contributed by atoms with van der Waals surface area (Å²) in [6.45, 7) is 7.48. The number of aliphatic imine (C=N–C) groups is 1. The molecule has 0 aliphatic rings. The predicted octanol–water partition coefficient (Wildman–Crippen LogP) is 1.39. The fourth-order valence-electron chi connectivity index (χ4n) is 0.344. The topological polar surface area (TPSA) is 62.2 Å². The third kappa shape index (κ3) is 3.22. The van der Waals surface area contributed by atoms with E-state index in [1.54, 1.807) is 6.92 Å². The minimum atomic E-state index is -0.194. The van der Waals surface area contributed by atoms with Gasteiger partial charge in [-0.1, -0.05) is 20.8 Å². The summed E-state index contributed by atoms with van der Waals surface area (Å²) in [4.78, 5) is 3.83. The monoisotopic (exact) mass is 141 g/mol.